The Bertz CT molecular complexity index is 506. The molecule has 4 nitrogen and oxygen atoms in total. The van der Waals surface area contributed by atoms with Crippen LogP contribution >= 0.6 is 0 Å². The van der Waals surface area contributed by atoms with Crippen molar-refractivity contribution < 1.29 is 0 Å². The third-order valence-corrected chi connectivity index (χ3v) is 2.90. The van der Waals surface area contributed by atoms with Gasteiger partial charge in [0.05, 0.1) is 12.4 Å². The molecule has 0 bridgehead atoms. The lowest BCUT2D eigenvalue weighted by Crippen LogP contribution is -1.97. The van der Waals surface area contributed by atoms with E-state index in [1.807, 2.05) is 61.3 Å². The minimum atomic E-state index is 1.12. The van der Waals surface area contributed by atoms with Gasteiger partial charge in [0.1, 0.15) is 0 Å². The van der Waals surface area contributed by atoms with E-state index in [-0.39, 0.29) is 0 Å². The summed E-state index contributed by atoms with van der Waals surface area (Å²) in [5.74, 6) is 0. The molecule has 2 heterocycles. The lowest BCUT2D eigenvalue weighted by Gasteiger charge is -2.00. The number of rotatable bonds is 3. The average Bonchev–Trinajstić information content (AvgIpc) is 2.82. The van der Waals surface area contributed by atoms with Gasteiger partial charge in [-0.3, -0.25) is 0 Å². The average molecular weight is 242 g/mol. The standard InChI is InChI=1S/C14H18N4/c1-11-5-6-12(2)17(11)15-9-10-16-18-13(3)7-8-14(18)4/h5-10H,1-4H3/b15-9+,16-10+. The third kappa shape index (κ3) is 2.42. The van der Waals surface area contributed by atoms with Crippen molar-refractivity contribution >= 4 is 12.4 Å². The summed E-state index contributed by atoms with van der Waals surface area (Å²) in [6.07, 6.45) is 3.41. The highest BCUT2D eigenvalue weighted by molar-refractivity contribution is 6.15. The highest BCUT2D eigenvalue weighted by atomic mass is 15.4. The Labute approximate surface area is 107 Å². The molecule has 0 atom stereocenters. The zero-order valence-corrected chi connectivity index (χ0v) is 11.3. The van der Waals surface area contributed by atoms with Gasteiger partial charge in [-0.2, -0.15) is 10.2 Å². The normalized spacial score (nSPS) is 12.0. The van der Waals surface area contributed by atoms with Gasteiger partial charge in [0.25, 0.3) is 0 Å². The number of hydrogen-bond acceptors (Lipinski definition) is 2. The predicted octanol–water partition coefficient (Wildman–Crippen LogP) is 2.89. The highest BCUT2D eigenvalue weighted by Gasteiger charge is 1.97. The van der Waals surface area contributed by atoms with Crippen molar-refractivity contribution in [2.24, 2.45) is 10.2 Å². The van der Waals surface area contributed by atoms with Gasteiger partial charge < -0.3 is 0 Å². The van der Waals surface area contributed by atoms with Crippen molar-refractivity contribution in [2.45, 2.75) is 27.7 Å². The fourth-order valence-electron chi connectivity index (χ4n) is 1.88. The molecule has 0 saturated heterocycles. The molecule has 0 aromatic carbocycles. The maximum atomic E-state index is 4.35. The van der Waals surface area contributed by atoms with Crippen molar-refractivity contribution in [1.29, 1.82) is 0 Å². The van der Waals surface area contributed by atoms with Crippen LogP contribution in [-0.4, -0.2) is 21.8 Å². The van der Waals surface area contributed by atoms with Crippen LogP contribution in [0.5, 0.6) is 0 Å². The van der Waals surface area contributed by atoms with E-state index in [0.717, 1.165) is 22.8 Å². The van der Waals surface area contributed by atoms with Crippen molar-refractivity contribution in [2.75, 3.05) is 0 Å². The van der Waals surface area contributed by atoms with Crippen molar-refractivity contribution in [3.63, 3.8) is 0 Å². The molecular formula is C14H18N4. The van der Waals surface area contributed by atoms with Gasteiger partial charge in [-0.05, 0) is 52.0 Å². The van der Waals surface area contributed by atoms with E-state index in [0.29, 0.717) is 0 Å². The van der Waals surface area contributed by atoms with Crippen LogP contribution in [0.3, 0.4) is 0 Å². The van der Waals surface area contributed by atoms with Crippen LogP contribution in [0.15, 0.2) is 34.5 Å². The topological polar surface area (TPSA) is 34.6 Å². The molecule has 94 valence electrons. The maximum Gasteiger partial charge on any atom is 0.0679 e. The van der Waals surface area contributed by atoms with E-state index in [1.54, 1.807) is 12.4 Å². The Morgan fingerprint density at radius 2 is 0.944 bits per heavy atom. The molecule has 4 heteroatoms. The third-order valence-electron chi connectivity index (χ3n) is 2.90. The number of nitrogens with zero attached hydrogens (tertiary/aromatic N) is 4. The number of aryl methyl sites for hydroxylation is 4. The molecule has 0 saturated carbocycles. The first-order valence-corrected chi connectivity index (χ1v) is 5.97. The molecule has 2 rings (SSSR count). The Morgan fingerprint density at radius 3 is 1.22 bits per heavy atom. The van der Waals surface area contributed by atoms with Gasteiger partial charge in [-0.25, -0.2) is 9.35 Å². The second kappa shape index (κ2) is 5.04. The summed E-state index contributed by atoms with van der Waals surface area (Å²) in [7, 11) is 0. The largest absolute Gasteiger partial charge is 0.243 e. The fourth-order valence-corrected chi connectivity index (χ4v) is 1.88. The first kappa shape index (κ1) is 12.4. The van der Waals surface area contributed by atoms with E-state index in [9.17, 15) is 0 Å². The molecular weight excluding hydrogens is 224 g/mol. The van der Waals surface area contributed by atoms with Gasteiger partial charge >= 0.3 is 0 Å². The number of hydrogen-bond donors (Lipinski definition) is 0. The van der Waals surface area contributed by atoms with Crippen LogP contribution in [0.4, 0.5) is 0 Å². The zero-order valence-electron chi connectivity index (χ0n) is 11.3. The molecule has 0 fully saturated rings. The summed E-state index contributed by atoms with van der Waals surface area (Å²) in [4.78, 5) is 0. The quantitative estimate of drug-likeness (QED) is 0.742. The first-order valence-electron chi connectivity index (χ1n) is 5.97. The lowest BCUT2D eigenvalue weighted by molar-refractivity contribution is 0.813. The van der Waals surface area contributed by atoms with Gasteiger partial charge in [0, 0.05) is 22.8 Å². The Hall–Kier alpha value is -2.10. The first-order chi connectivity index (χ1) is 8.59. The second-order valence-electron chi connectivity index (χ2n) is 4.38. The summed E-state index contributed by atoms with van der Waals surface area (Å²) < 4.78 is 3.78. The number of aromatic nitrogens is 2. The zero-order chi connectivity index (χ0) is 13.1. The lowest BCUT2D eigenvalue weighted by atomic mass is 10.5. The second-order valence-corrected chi connectivity index (χ2v) is 4.38. The Morgan fingerprint density at radius 1 is 0.667 bits per heavy atom. The SMILES string of the molecule is Cc1ccc(C)n1/N=C/C=N/n1c(C)ccc1C. The summed E-state index contributed by atoms with van der Waals surface area (Å²) >= 11 is 0. The molecule has 0 spiro atoms. The van der Waals surface area contributed by atoms with Crippen LogP contribution in [0.25, 0.3) is 0 Å². The van der Waals surface area contributed by atoms with Crippen molar-refractivity contribution in [3.05, 3.63) is 47.0 Å². The fraction of sp³-hybridized carbons (Fsp3) is 0.286. The van der Waals surface area contributed by atoms with Crippen LogP contribution < -0.4 is 0 Å². The molecule has 2 aromatic heterocycles. The monoisotopic (exact) mass is 242 g/mol. The van der Waals surface area contributed by atoms with E-state index in [1.165, 1.54) is 0 Å². The molecule has 2 aromatic rings. The highest BCUT2D eigenvalue weighted by Crippen LogP contribution is 2.06. The molecule has 0 aliphatic rings. The van der Waals surface area contributed by atoms with Crippen LogP contribution in [0.2, 0.25) is 0 Å². The van der Waals surface area contributed by atoms with Crippen LogP contribution in [-0.2, 0) is 0 Å². The van der Waals surface area contributed by atoms with Crippen LogP contribution in [0, 0.1) is 27.7 Å². The molecule has 0 N–H and O–H groups in total. The van der Waals surface area contributed by atoms with Gasteiger partial charge in [-0.1, -0.05) is 0 Å². The Balaban J connectivity index is 2.13. The summed E-state index contributed by atoms with van der Waals surface area (Å²) in [5.41, 5.74) is 4.46. The van der Waals surface area contributed by atoms with E-state index in [4.69, 9.17) is 0 Å². The Kier molecular flexibility index (Phi) is 3.46. The smallest absolute Gasteiger partial charge is 0.0679 e. The van der Waals surface area contributed by atoms with Crippen molar-refractivity contribution in [1.82, 2.24) is 9.35 Å². The van der Waals surface area contributed by atoms with E-state index < -0.39 is 0 Å². The molecule has 0 aliphatic carbocycles. The molecule has 0 aliphatic heterocycles. The van der Waals surface area contributed by atoms with Gasteiger partial charge in [-0.15, -0.1) is 0 Å². The summed E-state index contributed by atoms with van der Waals surface area (Å²) in [6, 6.07) is 8.18. The minimum Gasteiger partial charge on any atom is -0.243 e. The summed E-state index contributed by atoms with van der Waals surface area (Å²) in [5, 5.41) is 8.71. The maximum absolute atomic E-state index is 4.35. The predicted molar refractivity (Wildman–Crippen MR) is 75.6 cm³/mol. The summed E-state index contributed by atoms with van der Waals surface area (Å²) in [6.45, 7) is 8.12. The minimum absolute atomic E-state index is 1.12. The molecule has 0 amide bonds. The molecule has 18 heavy (non-hydrogen) atoms. The van der Waals surface area contributed by atoms with Gasteiger partial charge in [0.15, 0.2) is 0 Å². The van der Waals surface area contributed by atoms with Crippen molar-refractivity contribution in [3.8, 4) is 0 Å². The van der Waals surface area contributed by atoms with Crippen LogP contribution in [0.1, 0.15) is 22.8 Å². The molecule has 0 unspecified atom stereocenters. The van der Waals surface area contributed by atoms with Gasteiger partial charge in [0.2, 0.25) is 0 Å². The van der Waals surface area contributed by atoms with E-state index >= 15 is 0 Å². The van der Waals surface area contributed by atoms with E-state index in [2.05, 4.69) is 10.2 Å². The molecule has 0 radical (unpaired) electrons.